The summed E-state index contributed by atoms with van der Waals surface area (Å²) in [5.74, 6) is 0.726. The van der Waals surface area contributed by atoms with Gasteiger partial charge in [0.15, 0.2) is 0 Å². The first kappa shape index (κ1) is 17.4. The van der Waals surface area contributed by atoms with Gasteiger partial charge < -0.3 is 10.6 Å². The Hall–Kier alpha value is -2.43. The Kier molecular flexibility index (Phi) is 5.64. The topological polar surface area (TPSA) is 66.9 Å². The minimum Gasteiger partial charge on any atom is -0.354 e. The van der Waals surface area contributed by atoms with Crippen molar-refractivity contribution in [1.82, 2.24) is 15.3 Å². The molecule has 0 bridgehead atoms. The normalized spacial score (nSPS) is 15.8. The number of hydrogen-bond donors (Lipinski definition) is 2. The van der Waals surface area contributed by atoms with Gasteiger partial charge in [0.1, 0.15) is 0 Å². The first-order valence-electron chi connectivity index (χ1n) is 9.05. The fraction of sp³-hybridized carbons (Fsp3) is 0.450. The summed E-state index contributed by atoms with van der Waals surface area (Å²) >= 11 is 0. The van der Waals surface area contributed by atoms with Crippen molar-refractivity contribution in [3.63, 3.8) is 0 Å². The summed E-state index contributed by atoms with van der Waals surface area (Å²) in [4.78, 5) is 20.0. The van der Waals surface area contributed by atoms with Gasteiger partial charge in [-0.15, -0.1) is 0 Å². The predicted molar refractivity (Wildman–Crippen MR) is 100 cm³/mol. The molecular formula is C20H26N4O. The van der Waals surface area contributed by atoms with Crippen LogP contribution in [0.5, 0.6) is 0 Å². The van der Waals surface area contributed by atoms with Gasteiger partial charge in [0, 0.05) is 37.0 Å². The number of aromatic nitrogens is 2. The molecule has 0 spiro atoms. The molecule has 1 atom stereocenters. The van der Waals surface area contributed by atoms with Gasteiger partial charge in [0.25, 0.3) is 0 Å². The minimum absolute atomic E-state index is 0.00701. The number of carbonyl (C=O) groups excluding carboxylic acids is 1. The molecule has 3 rings (SSSR count). The Morgan fingerprint density at radius 2 is 1.76 bits per heavy atom. The quantitative estimate of drug-likeness (QED) is 0.845. The van der Waals surface area contributed by atoms with Gasteiger partial charge in [-0.05, 0) is 37.3 Å². The molecule has 0 saturated heterocycles. The molecule has 25 heavy (non-hydrogen) atoms. The number of hydrogen-bond acceptors (Lipinski definition) is 4. The van der Waals surface area contributed by atoms with Crippen LogP contribution in [-0.2, 0) is 11.2 Å². The number of carbonyl (C=O) groups is 1. The predicted octanol–water partition coefficient (Wildman–Crippen LogP) is 3.57. The fourth-order valence-corrected chi connectivity index (χ4v) is 3.39. The zero-order chi connectivity index (χ0) is 17.6. The van der Waals surface area contributed by atoms with Crippen LogP contribution in [0.3, 0.4) is 0 Å². The molecule has 2 N–H and O–H groups in total. The van der Waals surface area contributed by atoms with Crippen LogP contribution in [0.4, 0.5) is 5.95 Å². The average molecular weight is 338 g/mol. The lowest BCUT2D eigenvalue weighted by molar-refractivity contribution is -0.119. The summed E-state index contributed by atoms with van der Waals surface area (Å²) in [6.07, 6.45) is 9.58. The molecular weight excluding hydrogens is 312 g/mol. The van der Waals surface area contributed by atoms with E-state index in [1.807, 2.05) is 19.3 Å². The second-order valence-electron chi connectivity index (χ2n) is 6.92. The van der Waals surface area contributed by atoms with E-state index in [1.54, 1.807) is 6.92 Å². The molecule has 1 aliphatic rings. The van der Waals surface area contributed by atoms with E-state index in [4.69, 9.17) is 0 Å². The molecule has 5 nitrogen and oxygen atoms in total. The maximum atomic E-state index is 11.1. The molecule has 0 radical (unpaired) electrons. The summed E-state index contributed by atoms with van der Waals surface area (Å²) in [5, 5.41) is 6.32. The Bertz CT molecular complexity index is 691. The van der Waals surface area contributed by atoms with Crippen molar-refractivity contribution in [2.75, 3.05) is 5.32 Å². The number of amides is 1. The largest absolute Gasteiger partial charge is 0.354 e. The van der Waals surface area contributed by atoms with Crippen LogP contribution in [0.25, 0.3) is 11.1 Å². The SMILES string of the molecule is CC(=O)NC(C)Cc1ccc(-c2cnc(NC3CCCC3)nc2)cc1. The van der Waals surface area contributed by atoms with Crippen LogP contribution >= 0.6 is 0 Å². The first-order chi connectivity index (χ1) is 12.1. The summed E-state index contributed by atoms with van der Waals surface area (Å²) in [6, 6.07) is 9.01. The van der Waals surface area contributed by atoms with Crippen molar-refractivity contribution in [1.29, 1.82) is 0 Å². The van der Waals surface area contributed by atoms with Gasteiger partial charge >= 0.3 is 0 Å². The van der Waals surface area contributed by atoms with Crippen molar-refractivity contribution in [2.24, 2.45) is 0 Å². The molecule has 1 aromatic carbocycles. The Labute approximate surface area is 149 Å². The van der Waals surface area contributed by atoms with Crippen molar-refractivity contribution >= 4 is 11.9 Å². The zero-order valence-corrected chi connectivity index (χ0v) is 15.0. The van der Waals surface area contributed by atoms with Crippen LogP contribution < -0.4 is 10.6 Å². The lowest BCUT2D eigenvalue weighted by Gasteiger charge is -2.13. The van der Waals surface area contributed by atoms with Crippen molar-refractivity contribution < 1.29 is 4.79 Å². The lowest BCUT2D eigenvalue weighted by atomic mass is 10.0. The highest BCUT2D eigenvalue weighted by atomic mass is 16.1. The van der Waals surface area contributed by atoms with Crippen molar-refractivity contribution in [3.8, 4) is 11.1 Å². The fourth-order valence-electron chi connectivity index (χ4n) is 3.39. The number of benzene rings is 1. The van der Waals surface area contributed by atoms with Crippen LogP contribution in [0.2, 0.25) is 0 Å². The molecule has 2 aromatic rings. The summed E-state index contributed by atoms with van der Waals surface area (Å²) in [6.45, 7) is 3.56. The highest BCUT2D eigenvalue weighted by Crippen LogP contribution is 2.22. The molecule has 1 unspecified atom stereocenters. The van der Waals surface area contributed by atoms with Crippen molar-refractivity contribution in [2.45, 2.75) is 58.0 Å². The van der Waals surface area contributed by atoms with Crippen LogP contribution in [0.1, 0.15) is 45.1 Å². The highest BCUT2D eigenvalue weighted by molar-refractivity contribution is 5.73. The lowest BCUT2D eigenvalue weighted by Crippen LogP contribution is -2.31. The number of nitrogens with zero attached hydrogens (tertiary/aromatic N) is 2. The molecule has 0 aliphatic heterocycles. The second kappa shape index (κ2) is 8.10. The Morgan fingerprint density at radius 1 is 1.12 bits per heavy atom. The maximum Gasteiger partial charge on any atom is 0.222 e. The van der Waals surface area contributed by atoms with E-state index in [9.17, 15) is 4.79 Å². The maximum absolute atomic E-state index is 11.1. The van der Waals surface area contributed by atoms with E-state index in [2.05, 4.69) is 44.9 Å². The number of rotatable bonds is 6. The molecule has 132 valence electrons. The molecule has 1 fully saturated rings. The molecule has 1 saturated carbocycles. The summed E-state index contributed by atoms with van der Waals surface area (Å²) in [7, 11) is 0. The summed E-state index contributed by atoms with van der Waals surface area (Å²) < 4.78 is 0. The summed E-state index contributed by atoms with van der Waals surface area (Å²) in [5.41, 5.74) is 3.31. The first-order valence-corrected chi connectivity index (χ1v) is 9.05. The Balaban J connectivity index is 1.60. The van der Waals surface area contributed by atoms with E-state index >= 15 is 0 Å². The monoisotopic (exact) mass is 338 g/mol. The van der Waals surface area contributed by atoms with Gasteiger partial charge in [0.2, 0.25) is 11.9 Å². The van der Waals surface area contributed by atoms with Gasteiger partial charge in [0.05, 0.1) is 0 Å². The third-order valence-corrected chi connectivity index (χ3v) is 4.62. The van der Waals surface area contributed by atoms with Gasteiger partial charge in [-0.3, -0.25) is 4.79 Å². The smallest absolute Gasteiger partial charge is 0.222 e. The zero-order valence-electron chi connectivity index (χ0n) is 15.0. The van der Waals surface area contributed by atoms with Crippen LogP contribution in [0.15, 0.2) is 36.7 Å². The molecule has 1 aromatic heterocycles. The Morgan fingerprint density at radius 3 is 2.36 bits per heavy atom. The van der Waals surface area contributed by atoms with Gasteiger partial charge in [-0.2, -0.15) is 0 Å². The average Bonchev–Trinajstić information content (AvgIpc) is 3.08. The second-order valence-corrected chi connectivity index (χ2v) is 6.92. The molecule has 1 aliphatic carbocycles. The third kappa shape index (κ3) is 5.02. The van der Waals surface area contributed by atoms with E-state index < -0.39 is 0 Å². The standard InChI is InChI=1S/C20H26N4O/c1-14(23-15(2)25)11-16-7-9-17(10-8-16)18-12-21-20(22-13-18)24-19-5-3-4-6-19/h7-10,12-14,19H,3-6,11H2,1-2H3,(H,23,25)(H,21,22,24). The van der Waals surface area contributed by atoms with Gasteiger partial charge in [-0.25, -0.2) is 9.97 Å². The number of anilines is 1. The minimum atomic E-state index is 0.00701. The van der Waals surface area contributed by atoms with E-state index in [1.165, 1.54) is 31.2 Å². The molecule has 5 heteroatoms. The van der Waals surface area contributed by atoms with Crippen molar-refractivity contribution in [3.05, 3.63) is 42.2 Å². The third-order valence-electron chi connectivity index (χ3n) is 4.62. The van der Waals surface area contributed by atoms with Crippen LogP contribution in [-0.4, -0.2) is 28.0 Å². The van der Waals surface area contributed by atoms with Gasteiger partial charge in [-0.1, -0.05) is 37.1 Å². The molecule has 1 amide bonds. The van der Waals surface area contributed by atoms with E-state index in [-0.39, 0.29) is 11.9 Å². The highest BCUT2D eigenvalue weighted by Gasteiger charge is 2.15. The van der Waals surface area contributed by atoms with E-state index in [0.29, 0.717) is 6.04 Å². The van der Waals surface area contributed by atoms with E-state index in [0.717, 1.165) is 23.5 Å². The number of nitrogens with one attached hydrogen (secondary N) is 2. The van der Waals surface area contributed by atoms with Crippen LogP contribution in [0, 0.1) is 0 Å². The molecule has 1 heterocycles.